The molecule has 2 atom stereocenters. The van der Waals surface area contributed by atoms with E-state index in [-0.39, 0.29) is 18.1 Å². The third-order valence-corrected chi connectivity index (χ3v) is 8.77. The molecule has 0 aliphatic carbocycles. The number of halogens is 2. The van der Waals surface area contributed by atoms with E-state index in [1.54, 1.807) is 18.2 Å². The van der Waals surface area contributed by atoms with Gasteiger partial charge in [-0.25, -0.2) is 4.98 Å². The predicted molar refractivity (Wildman–Crippen MR) is 147 cm³/mol. The SMILES string of the molecule is O=C1CC(c2ccsc2)(c2cccc(Oc3ccc(I)cc3)n2)NC(=O)C1Sc1ccccc1Cl. The van der Waals surface area contributed by atoms with Crippen LogP contribution >= 0.6 is 57.3 Å². The lowest BCUT2D eigenvalue weighted by atomic mass is 9.79. The quantitative estimate of drug-likeness (QED) is 0.190. The Balaban J connectivity index is 1.48. The summed E-state index contributed by atoms with van der Waals surface area (Å²) in [5.74, 6) is 0.478. The number of hydrogen-bond acceptors (Lipinski definition) is 6. The minimum Gasteiger partial charge on any atom is -0.439 e. The molecular weight excluding hydrogens is 615 g/mol. The number of hydrogen-bond donors (Lipinski definition) is 1. The van der Waals surface area contributed by atoms with Crippen LogP contribution < -0.4 is 10.1 Å². The van der Waals surface area contributed by atoms with Gasteiger partial charge in [-0.3, -0.25) is 9.59 Å². The normalized spacial score (nSPS) is 19.9. The van der Waals surface area contributed by atoms with E-state index in [1.165, 1.54) is 23.1 Å². The number of nitrogens with zero attached hydrogens (tertiary/aromatic N) is 1. The van der Waals surface area contributed by atoms with Crippen molar-refractivity contribution >= 4 is 69.0 Å². The number of carbonyl (C=O) groups excluding carboxylic acids is 2. The van der Waals surface area contributed by atoms with Gasteiger partial charge in [0, 0.05) is 21.0 Å². The maximum Gasteiger partial charge on any atom is 0.242 e. The number of nitrogens with one attached hydrogen (secondary N) is 1. The molecule has 2 aromatic heterocycles. The number of piperidine rings is 1. The van der Waals surface area contributed by atoms with Crippen molar-refractivity contribution in [3.8, 4) is 11.6 Å². The number of carbonyl (C=O) groups is 2. The monoisotopic (exact) mass is 632 g/mol. The first-order valence-electron chi connectivity index (χ1n) is 10.6. The molecule has 4 aromatic rings. The fourth-order valence-electron chi connectivity index (χ4n) is 3.92. The molecule has 1 fully saturated rings. The molecule has 5 nitrogen and oxygen atoms in total. The van der Waals surface area contributed by atoms with E-state index in [2.05, 4.69) is 27.9 Å². The summed E-state index contributed by atoms with van der Waals surface area (Å²) >= 11 is 11.2. The first kappa shape index (κ1) is 24.3. The highest BCUT2D eigenvalue weighted by atomic mass is 127. The van der Waals surface area contributed by atoms with Crippen molar-refractivity contribution in [1.82, 2.24) is 10.3 Å². The Morgan fingerprint density at radius 1 is 1.06 bits per heavy atom. The molecule has 1 amide bonds. The second-order valence-electron chi connectivity index (χ2n) is 7.90. The Morgan fingerprint density at radius 2 is 1.86 bits per heavy atom. The maximum absolute atomic E-state index is 13.4. The molecule has 2 aromatic carbocycles. The molecule has 1 N–H and O–H groups in total. The number of ether oxygens (including phenoxy) is 1. The summed E-state index contributed by atoms with van der Waals surface area (Å²) in [4.78, 5) is 32.2. The van der Waals surface area contributed by atoms with Crippen LogP contribution in [0, 0.1) is 3.57 Å². The lowest BCUT2D eigenvalue weighted by Crippen LogP contribution is -2.58. The lowest BCUT2D eigenvalue weighted by Gasteiger charge is -2.39. The van der Waals surface area contributed by atoms with Gasteiger partial charge in [-0.1, -0.05) is 29.8 Å². The second-order valence-corrected chi connectivity index (χ2v) is 11.5. The second kappa shape index (κ2) is 10.3. The van der Waals surface area contributed by atoms with Crippen LogP contribution in [0.3, 0.4) is 0 Å². The summed E-state index contributed by atoms with van der Waals surface area (Å²) in [6.07, 6.45) is 0.0670. The number of ketones is 1. The van der Waals surface area contributed by atoms with Crippen molar-refractivity contribution < 1.29 is 14.3 Å². The smallest absolute Gasteiger partial charge is 0.242 e. The molecule has 9 heteroatoms. The number of rotatable bonds is 6. The highest BCUT2D eigenvalue weighted by Gasteiger charge is 2.48. The molecular formula is C26H18ClIN2O3S2. The number of amides is 1. The summed E-state index contributed by atoms with van der Waals surface area (Å²) in [6, 6.07) is 22.1. The molecule has 0 saturated carbocycles. The van der Waals surface area contributed by atoms with Gasteiger partial charge in [0.05, 0.1) is 10.7 Å². The summed E-state index contributed by atoms with van der Waals surface area (Å²) in [5.41, 5.74) is 0.267. The Kier molecular flexibility index (Phi) is 7.15. The van der Waals surface area contributed by atoms with Gasteiger partial charge in [0.1, 0.15) is 16.5 Å². The van der Waals surface area contributed by atoms with E-state index in [4.69, 9.17) is 21.3 Å². The van der Waals surface area contributed by atoms with Gasteiger partial charge in [-0.05, 0) is 87.4 Å². The van der Waals surface area contributed by atoms with Gasteiger partial charge in [0.25, 0.3) is 0 Å². The van der Waals surface area contributed by atoms with Crippen LogP contribution in [0.1, 0.15) is 17.7 Å². The maximum atomic E-state index is 13.4. The molecule has 2 unspecified atom stereocenters. The third-order valence-electron chi connectivity index (χ3n) is 5.60. The van der Waals surface area contributed by atoms with Crippen molar-refractivity contribution in [2.75, 3.05) is 0 Å². The number of benzene rings is 2. The minimum atomic E-state index is -1.09. The number of thioether (sulfide) groups is 1. The standard InChI is InChI=1S/C26H18ClIN2O3S2/c27-19-4-1-2-5-21(19)35-24-20(31)14-26(30-25(24)32,16-12-13-34-15-16)22-6-3-7-23(29-22)33-18-10-8-17(28)9-11-18/h1-13,15,24H,14H2,(H,30,32). The third kappa shape index (κ3) is 5.11. The highest BCUT2D eigenvalue weighted by Crippen LogP contribution is 2.41. The summed E-state index contributed by atoms with van der Waals surface area (Å²) < 4.78 is 7.06. The van der Waals surface area contributed by atoms with Crippen molar-refractivity contribution in [2.24, 2.45) is 0 Å². The van der Waals surface area contributed by atoms with Gasteiger partial charge < -0.3 is 10.1 Å². The van der Waals surface area contributed by atoms with E-state index in [0.29, 0.717) is 27.2 Å². The van der Waals surface area contributed by atoms with Crippen molar-refractivity contribution in [3.05, 3.63) is 103 Å². The Morgan fingerprint density at radius 3 is 2.57 bits per heavy atom. The molecule has 0 radical (unpaired) electrons. The van der Waals surface area contributed by atoms with Crippen LogP contribution in [-0.2, 0) is 15.1 Å². The molecule has 1 saturated heterocycles. The van der Waals surface area contributed by atoms with Gasteiger partial charge in [-0.15, -0.1) is 11.8 Å². The molecule has 0 bridgehead atoms. The van der Waals surface area contributed by atoms with Crippen molar-refractivity contribution in [2.45, 2.75) is 22.1 Å². The fourth-order valence-corrected chi connectivity index (χ4v) is 6.26. The topological polar surface area (TPSA) is 68.3 Å². The summed E-state index contributed by atoms with van der Waals surface area (Å²) in [6.45, 7) is 0. The first-order chi connectivity index (χ1) is 16.9. The van der Waals surface area contributed by atoms with Gasteiger partial charge in [0.2, 0.25) is 11.8 Å². The predicted octanol–water partition coefficient (Wildman–Crippen LogP) is 6.69. The summed E-state index contributed by atoms with van der Waals surface area (Å²) in [5, 5.41) is 6.60. The first-order valence-corrected chi connectivity index (χ1v) is 13.9. The Bertz CT molecular complexity index is 1360. The molecule has 176 valence electrons. The Labute approximate surface area is 229 Å². The number of pyridine rings is 1. The van der Waals surface area contributed by atoms with Crippen LogP contribution in [-0.4, -0.2) is 21.9 Å². The van der Waals surface area contributed by atoms with E-state index in [1.807, 2.05) is 65.4 Å². The average molecular weight is 633 g/mol. The molecule has 3 heterocycles. The molecule has 1 aliphatic heterocycles. The van der Waals surface area contributed by atoms with E-state index in [9.17, 15) is 9.59 Å². The molecule has 1 aliphatic rings. The summed E-state index contributed by atoms with van der Waals surface area (Å²) in [7, 11) is 0. The zero-order chi connectivity index (χ0) is 24.4. The van der Waals surface area contributed by atoms with Crippen molar-refractivity contribution in [1.29, 1.82) is 0 Å². The van der Waals surface area contributed by atoms with Crippen LogP contribution in [0.5, 0.6) is 11.6 Å². The largest absolute Gasteiger partial charge is 0.439 e. The van der Waals surface area contributed by atoms with Crippen molar-refractivity contribution in [3.63, 3.8) is 0 Å². The zero-order valence-corrected chi connectivity index (χ0v) is 22.7. The molecule has 35 heavy (non-hydrogen) atoms. The van der Waals surface area contributed by atoms with E-state index >= 15 is 0 Å². The zero-order valence-electron chi connectivity index (χ0n) is 18.1. The fraction of sp³-hybridized carbons (Fsp3) is 0.115. The number of aromatic nitrogens is 1. The average Bonchev–Trinajstić information content (AvgIpc) is 3.40. The lowest BCUT2D eigenvalue weighted by molar-refractivity contribution is -0.133. The van der Waals surface area contributed by atoms with Crippen LogP contribution in [0.2, 0.25) is 5.02 Å². The molecule has 0 spiro atoms. The van der Waals surface area contributed by atoms with Gasteiger partial charge in [0.15, 0.2) is 5.78 Å². The minimum absolute atomic E-state index is 0.0670. The number of Topliss-reactive ketones (excluding diaryl/α,β-unsaturated/α-hetero) is 1. The van der Waals surface area contributed by atoms with E-state index < -0.39 is 10.8 Å². The Hall–Kier alpha value is -2.40. The van der Waals surface area contributed by atoms with Crippen LogP contribution in [0.25, 0.3) is 0 Å². The van der Waals surface area contributed by atoms with Gasteiger partial charge >= 0.3 is 0 Å². The van der Waals surface area contributed by atoms with Crippen LogP contribution in [0.15, 0.2) is 88.5 Å². The molecule has 5 rings (SSSR count). The highest BCUT2D eigenvalue weighted by molar-refractivity contribution is 14.1. The van der Waals surface area contributed by atoms with E-state index in [0.717, 1.165) is 9.13 Å². The van der Waals surface area contributed by atoms with Gasteiger partial charge in [-0.2, -0.15) is 11.3 Å². The number of thiophene rings is 1. The van der Waals surface area contributed by atoms with Crippen LogP contribution in [0.4, 0.5) is 0 Å².